The zero-order valence-corrected chi connectivity index (χ0v) is 21.7. The quantitative estimate of drug-likeness (QED) is 0.0933. The zero-order valence-electron chi connectivity index (χ0n) is 19.9. The van der Waals surface area contributed by atoms with E-state index in [4.69, 9.17) is 11.5 Å². The van der Waals surface area contributed by atoms with E-state index in [1.54, 1.807) is 12.4 Å². The molecule has 0 saturated carbocycles. The number of thiol groups is 2. The predicted molar refractivity (Wildman–Crippen MR) is 159 cm³/mol. The summed E-state index contributed by atoms with van der Waals surface area (Å²) in [5, 5.41) is 6.68. The number of nitrogens with zero attached hydrogens (tertiary/aromatic N) is 3. The first-order valence-electron chi connectivity index (χ1n) is 11.6. The standard InChI is InChI=1S/C27H23N9S2/c28-22-3-1-16(37)7-18(22)14-5-24(31-9-14)35-26-20-11-30-12-21(20)27(34-13-33-26)36-25-6-15(10-32-25)19-8-17(38)2-4-23(19)29/h1-13,31-32,37-38H,28-29H2,(H2,33,34,35,36). The van der Waals surface area contributed by atoms with Crippen LogP contribution in [0.3, 0.4) is 0 Å². The second-order valence-corrected chi connectivity index (χ2v) is 9.74. The number of nitrogens with one attached hydrogen (secondary N) is 4. The third kappa shape index (κ3) is 4.60. The number of H-pyrrole nitrogens is 2. The first-order valence-corrected chi connectivity index (χ1v) is 12.5. The third-order valence-corrected chi connectivity index (χ3v) is 6.71. The number of benzene rings is 2. The van der Waals surface area contributed by atoms with Crippen LogP contribution in [0.4, 0.5) is 34.6 Å². The van der Waals surface area contributed by atoms with Crippen molar-refractivity contribution in [1.82, 2.24) is 24.9 Å². The van der Waals surface area contributed by atoms with Crippen molar-refractivity contribution < 1.29 is 0 Å². The largest absolute Gasteiger partial charge is 0.398 e. The Morgan fingerprint density at radius 3 is 1.58 bits per heavy atom. The van der Waals surface area contributed by atoms with Crippen LogP contribution in [0.1, 0.15) is 0 Å². The van der Waals surface area contributed by atoms with Gasteiger partial charge in [0.05, 0.1) is 0 Å². The van der Waals surface area contributed by atoms with E-state index in [-0.39, 0.29) is 0 Å². The van der Waals surface area contributed by atoms with Gasteiger partial charge in [-0.1, -0.05) is 0 Å². The normalized spacial score (nSPS) is 11.1. The van der Waals surface area contributed by atoms with Gasteiger partial charge in [0.1, 0.15) is 29.6 Å². The molecule has 0 saturated heterocycles. The van der Waals surface area contributed by atoms with Crippen molar-refractivity contribution in [2.45, 2.75) is 9.79 Å². The molecule has 8 N–H and O–H groups in total. The number of rotatable bonds is 6. The summed E-state index contributed by atoms with van der Waals surface area (Å²) < 4.78 is 0. The Hall–Kier alpha value is -4.61. The molecular weight excluding hydrogens is 514 g/mol. The molecule has 0 fully saturated rings. The van der Waals surface area contributed by atoms with E-state index < -0.39 is 0 Å². The van der Waals surface area contributed by atoms with Gasteiger partial charge in [0.15, 0.2) is 0 Å². The average molecular weight is 538 g/mol. The van der Waals surface area contributed by atoms with Gasteiger partial charge >= 0.3 is 0 Å². The number of hydrogen-bond acceptors (Lipinski definition) is 9. The van der Waals surface area contributed by atoms with Gasteiger partial charge < -0.3 is 32.1 Å². The highest BCUT2D eigenvalue weighted by atomic mass is 32.1. The Kier molecular flexibility index (Phi) is 6.06. The van der Waals surface area contributed by atoms with E-state index in [9.17, 15) is 0 Å². The van der Waals surface area contributed by atoms with Gasteiger partial charge in [0, 0.05) is 79.3 Å². The lowest BCUT2D eigenvalue weighted by Crippen LogP contribution is -1.95. The lowest BCUT2D eigenvalue weighted by atomic mass is 10.1. The number of nitrogens with two attached hydrogens (primary N) is 2. The number of hydrogen-bond donors (Lipinski definition) is 8. The first kappa shape index (κ1) is 23.8. The predicted octanol–water partition coefficient (Wildman–Crippen LogP) is 6.20. The fourth-order valence-corrected chi connectivity index (χ4v) is 4.68. The van der Waals surface area contributed by atoms with Crippen LogP contribution >= 0.6 is 25.3 Å². The van der Waals surface area contributed by atoms with E-state index in [2.05, 4.69) is 60.8 Å². The molecule has 9 nitrogen and oxygen atoms in total. The lowest BCUT2D eigenvalue weighted by molar-refractivity contribution is 1.21. The molecule has 0 aliphatic carbocycles. The van der Waals surface area contributed by atoms with Crippen LogP contribution in [0.15, 0.2) is 89.4 Å². The molecular formula is C27H23N9S2. The van der Waals surface area contributed by atoms with E-state index in [1.165, 1.54) is 6.33 Å². The third-order valence-electron chi connectivity index (χ3n) is 6.15. The fourth-order valence-electron chi connectivity index (χ4n) is 4.27. The van der Waals surface area contributed by atoms with Gasteiger partial charge in [-0.2, -0.15) is 0 Å². The average Bonchev–Trinajstić information content (AvgIpc) is 3.65. The van der Waals surface area contributed by atoms with E-state index in [0.717, 1.165) is 54.8 Å². The molecule has 0 amide bonds. The van der Waals surface area contributed by atoms with E-state index in [1.807, 2.05) is 60.9 Å². The van der Waals surface area contributed by atoms with Crippen LogP contribution < -0.4 is 22.1 Å². The molecule has 38 heavy (non-hydrogen) atoms. The Morgan fingerprint density at radius 2 is 1.11 bits per heavy atom. The molecule has 6 rings (SSSR count). The van der Waals surface area contributed by atoms with Crippen LogP contribution in [0, 0.1) is 0 Å². The summed E-state index contributed by atoms with van der Waals surface area (Å²) in [6.45, 7) is 0. The molecule has 2 aromatic heterocycles. The van der Waals surface area contributed by atoms with Crippen molar-refractivity contribution in [3.05, 3.63) is 79.6 Å². The second kappa shape index (κ2) is 9.69. The Balaban J connectivity index is 1.26. The van der Waals surface area contributed by atoms with Gasteiger partial charge in [-0.3, -0.25) is 4.98 Å². The summed E-state index contributed by atoms with van der Waals surface area (Å²) >= 11 is 8.86. The minimum absolute atomic E-state index is 0.605. The molecule has 0 radical (unpaired) electrons. The summed E-state index contributed by atoms with van der Waals surface area (Å²) in [6.07, 6.45) is 8.78. The van der Waals surface area contributed by atoms with Crippen molar-refractivity contribution >= 4 is 59.9 Å². The van der Waals surface area contributed by atoms with E-state index >= 15 is 0 Å². The number of nitrogen functional groups attached to an aromatic ring is 2. The molecule has 2 aromatic carbocycles. The highest BCUT2D eigenvalue weighted by molar-refractivity contribution is 7.80. The van der Waals surface area contributed by atoms with Crippen molar-refractivity contribution in [2.75, 3.05) is 22.1 Å². The molecule has 4 heterocycles. The van der Waals surface area contributed by atoms with Crippen LogP contribution in [-0.2, 0) is 0 Å². The number of aromatic amines is 2. The van der Waals surface area contributed by atoms with Gasteiger partial charge in [-0.15, -0.1) is 25.3 Å². The van der Waals surface area contributed by atoms with Crippen molar-refractivity contribution in [1.29, 1.82) is 0 Å². The highest BCUT2D eigenvalue weighted by Gasteiger charge is 2.17. The molecule has 0 bridgehead atoms. The summed E-state index contributed by atoms with van der Waals surface area (Å²) in [6, 6.07) is 15.2. The molecule has 0 unspecified atom stereocenters. The Bertz CT molecular complexity index is 1620. The first-order chi connectivity index (χ1) is 18.4. The minimum atomic E-state index is 0.605. The maximum atomic E-state index is 6.17. The minimum Gasteiger partial charge on any atom is -0.398 e. The Labute approximate surface area is 229 Å². The van der Waals surface area contributed by atoms with Crippen molar-refractivity contribution in [3.8, 4) is 33.4 Å². The van der Waals surface area contributed by atoms with Crippen molar-refractivity contribution in [3.63, 3.8) is 0 Å². The number of aromatic nitrogens is 5. The van der Waals surface area contributed by atoms with Crippen LogP contribution in [0.2, 0.25) is 0 Å². The fraction of sp³-hybridized carbons (Fsp3) is 0. The smallest absolute Gasteiger partial charge is 0.142 e. The zero-order chi connectivity index (χ0) is 26.2. The molecule has 4 aromatic rings. The summed E-state index contributed by atoms with van der Waals surface area (Å²) in [4.78, 5) is 21.6. The number of fused-ring (bicyclic) bond motifs is 1. The van der Waals surface area contributed by atoms with Gasteiger partial charge in [0.25, 0.3) is 0 Å². The maximum Gasteiger partial charge on any atom is 0.142 e. The molecule has 11 heteroatoms. The molecule has 2 aliphatic rings. The molecule has 0 spiro atoms. The summed E-state index contributed by atoms with van der Waals surface area (Å²) in [5.74, 6) is 2.70. The van der Waals surface area contributed by atoms with E-state index in [0.29, 0.717) is 23.0 Å². The van der Waals surface area contributed by atoms with Crippen LogP contribution in [0.25, 0.3) is 33.4 Å². The summed E-state index contributed by atoms with van der Waals surface area (Å²) in [5.41, 5.74) is 19.0. The van der Waals surface area contributed by atoms with Crippen LogP contribution in [0.5, 0.6) is 0 Å². The van der Waals surface area contributed by atoms with Crippen molar-refractivity contribution in [2.24, 2.45) is 0 Å². The molecule has 188 valence electrons. The molecule has 0 atom stereocenters. The number of anilines is 6. The monoisotopic (exact) mass is 537 g/mol. The highest BCUT2D eigenvalue weighted by Crippen LogP contribution is 2.37. The SMILES string of the molecule is Nc1ccc(S)cc1-c1c[nH]c(Nc2ncnc(Nc3cc(-c4cc(S)ccc4N)c[nH]3)c3cncc2-3)c1. The maximum absolute atomic E-state index is 6.17. The van der Waals surface area contributed by atoms with Gasteiger partial charge in [-0.25, -0.2) is 9.97 Å². The van der Waals surface area contributed by atoms with Crippen LogP contribution in [-0.4, -0.2) is 24.9 Å². The second-order valence-electron chi connectivity index (χ2n) is 8.70. The van der Waals surface area contributed by atoms with Gasteiger partial charge in [0.2, 0.25) is 0 Å². The summed E-state index contributed by atoms with van der Waals surface area (Å²) in [7, 11) is 0. The lowest BCUT2D eigenvalue weighted by Gasteiger charge is -2.07. The molecule has 2 aliphatic heterocycles. The topological polar surface area (TPSA) is 146 Å². The van der Waals surface area contributed by atoms with Gasteiger partial charge in [-0.05, 0) is 48.5 Å². The Morgan fingerprint density at radius 1 is 0.632 bits per heavy atom.